The lowest BCUT2D eigenvalue weighted by Gasteiger charge is -2.17. The summed E-state index contributed by atoms with van der Waals surface area (Å²) in [4.78, 5) is 0. The summed E-state index contributed by atoms with van der Waals surface area (Å²) in [5.41, 5.74) is 7.02. The topological polar surface area (TPSA) is 35.2 Å². The van der Waals surface area contributed by atoms with E-state index in [1.807, 2.05) is 25.1 Å². The predicted molar refractivity (Wildman–Crippen MR) is 78.4 cm³/mol. The minimum Gasteiger partial charge on any atom is -0.493 e. The van der Waals surface area contributed by atoms with E-state index in [1.165, 1.54) is 5.56 Å². The summed E-state index contributed by atoms with van der Waals surface area (Å²) >= 11 is 6.06. The molecule has 0 aliphatic carbocycles. The van der Waals surface area contributed by atoms with Crippen LogP contribution in [0.1, 0.15) is 39.2 Å². The summed E-state index contributed by atoms with van der Waals surface area (Å²) in [7, 11) is 0. The smallest absolute Gasteiger partial charge is 0.122 e. The zero-order chi connectivity index (χ0) is 13.5. The number of halogens is 1. The molecule has 2 atom stereocenters. The van der Waals surface area contributed by atoms with Crippen LogP contribution in [0.25, 0.3) is 0 Å². The molecule has 1 aromatic carbocycles. The van der Waals surface area contributed by atoms with Crippen LogP contribution in [0.2, 0.25) is 5.02 Å². The van der Waals surface area contributed by atoms with Crippen molar-refractivity contribution >= 4 is 11.6 Å². The fourth-order valence-electron chi connectivity index (χ4n) is 2.15. The predicted octanol–water partition coefficient (Wildman–Crippen LogP) is 4.04. The summed E-state index contributed by atoms with van der Waals surface area (Å²) in [6.45, 7) is 7.11. The van der Waals surface area contributed by atoms with Gasteiger partial charge in [-0.05, 0) is 55.9 Å². The summed E-state index contributed by atoms with van der Waals surface area (Å²) in [5, 5.41) is 0.766. The molecule has 0 spiro atoms. The Kier molecular flexibility index (Phi) is 6.51. The third kappa shape index (κ3) is 5.28. The molecule has 0 radical (unpaired) electrons. The first kappa shape index (κ1) is 15.3. The largest absolute Gasteiger partial charge is 0.493 e. The molecular formula is C15H24ClNO. The number of hydrogen-bond acceptors (Lipinski definition) is 2. The van der Waals surface area contributed by atoms with Gasteiger partial charge in [0.05, 0.1) is 6.61 Å². The van der Waals surface area contributed by atoms with Crippen molar-refractivity contribution in [2.24, 2.45) is 11.7 Å². The van der Waals surface area contributed by atoms with Crippen LogP contribution in [0.4, 0.5) is 0 Å². The molecule has 0 aliphatic heterocycles. The summed E-state index contributed by atoms with van der Waals surface area (Å²) in [5.74, 6) is 1.49. The van der Waals surface area contributed by atoms with E-state index in [2.05, 4.69) is 13.8 Å². The summed E-state index contributed by atoms with van der Waals surface area (Å²) < 4.78 is 5.76. The lowest BCUT2D eigenvalue weighted by molar-refractivity contribution is 0.312. The second-order valence-corrected chi connectivity index (χ2v) is 5.56. The number of rotatable bonds is 7. The Morgan fingerprint density at radius 3 is 2.67 bits per heavy atom. The zero-order valence-corrected chi connectivity index (χ0v) is 12.3. The molecule has 0 aromatic heterocycles. The SMILES string of the molecule is CCCOc1ccc(Cl)cc1CC(C)CC(C)N. The average molecular weight is 270 g/mol. The van der Waals surface area contributed by atoms with Crippen LogP contribution in [-0.2, 0) is 6.42 Å². The van der Waals surface area contributed by atoms with Gasteiger partial charge in [-0.2, -0.15) is 0 Å². The Hall–Kier alpha value is -0.730. The quantitative estimate of drug-likeness (QED) is 0.811. The van der Waals surface area contributed by atoms with E-state index in [0.717, 1.165) is 36.6 Å². The van der Waals surface area contributed by atoms with E-state index in [4.69, 9.17) is 22.1 Å². The molecule has 0 fully saturated rings. The maximum Gasteiger partial charge on any atom is 0.122 e. The van der Waals surface area contributed by atoms with Gasteiger partial charge in [0.2, 0.25) is 0 Å². The summed E-state index contributed by atoms with van der Waals surface area (Å²) in [6, 6.07) is 6.08. The molecular weight excluding hydrogens is 246 g/mol. The number of nitrogens with two attached hydrogens (primary N) is 1. The highest BCUT2D eigenvalue weighted by Crippen LogP contribution is 2.26. The van der Waals surface area contributed by atoms with Crippen molar-refractivity contribution in [1.29, 1.82) is 0 Å². The van der Waals surface area contributed by atoms with Gasteiger partial charge < -0.3 is 10.5 Å². The number of hydrogen-bond donors (Lipinski definition) is 1. The lowest BCUT2D eigenvalue weighted by atomic mass is 9.95. The van der Waals surface area contributed by atoms with Crippen LogP contribution in [0.5, 0.6) is 5.75 Å². The van der Waals surface area contributed by atoms with E-state index in [1.54, 1.807) is 0 Å². The Labute approximate surface area is 115 Å². The minimum absolute atomic E-state index is 0.235. The van der Waals surface area contributed by atoms with Crippen molar-refractivity contribution in [3.8, 4) is 5.75 Å². The Balaban J connectivity index is 2.74. The zero-order valence-electron chi connectivity index (χ0n) is 11.6. The molecule has 2 N–H and O–H groups in total. The van der Waals surface area contributed by atoms with Crippen molar-refractivity contribution in [1.82, 2.24) is 0 Å². The Morgan fingerprint density at radius 1 is 1.33 bits per heavy atom. The van der Waals surface area contributed by atoms with Gasteiger partial charge in [-0.1, -0.05) is 25.4 Å². The molecule has 2 unspecified atom stereocenters. The van der Waals surface area contributed by atoms with Gasteiger partial charge in [0.15, 0.2) is 0 Å². The molecule has 0 saturated carbocycles. The molecule has 3 heteroatoms. The molecule has 0 bridgehead atoms. The molecule has 0 aliphatic rings. The third-order valence-corrected chi connectivity index (χ3v) is 3.06. The van der Waals surface area contributed by atoms with Crippen LogP contribution >= 0.6 is 11.6 Å². The van der Waals surface area contributed by atoms with Crippen LogP contribution in [0.3, 0.4) is 0 Å². The van der Waals surface area contributed by atoms with Crippen LogP contribution in [0, 0.1) is 5.92 Å². The van der Waals surface area contributed by atoms with Gasteiger partial charge in [0.25, 0.3) is 0 Å². The van der Waals surface area contributed by atoms with Gasteiger partial charge in [0.1, 0.15) is 5.75 Å². The molecule has 2 nitrogen and oxygen atoms in total. The van der Waals surface area contributed by atoms with Crippen LogP contribution in [0.15, 0.2) is 18.2 Å². The summed E-state index contributed by atoms with van der Waals surface area (Å²) in [6.07, 6.45) is 2.98. The highest BCUT2D eigenvalue weighted by Gasteiger charge is 2.11. The Bertz CT molecular complexity index is 366. The average Bonchev–Trinajstić information content (AvgIpc) is 2.26. The van der Waals surface area contributed by atoms with E-state index < -0.39 is 0 Å². The van der Waals surface area contributed by atoms with E-state index in [0.29, 0.717) is 5.92 Å². The van der Waals surface area contributed by atoms with Gasteiger partial charge in [0, 0.05) is 11.1 Å². The van der Waals surface area contributed by atoms with Crippen LogP contribution in [-0.4, -0.2) is 12.6 Å². The highest BCUT2D eigenvalue weighted by molar-refractivity contribution is 6.30. The molecule has 18 heavy (non-hydrogen) atoms. The molecule has 1 aromatic rings. The fourth-order valence-corrected chi connectivity index (χ4v) is 2.35. The molecule has 0 heterocycles. The lowest BCUT2D eigenvalue weighted by Crippen LogP contribution is -2.19. The number of ether oxygens (including phenoxy) is 1. The first-order chi connectivity index (χ1) is 8.52. The normalized spacial score (nSPS) is 14.3. The minimum atomic E-state index is 0.235. The van der Waals surface area contributed by atoms with Gasteiger partial charge in [-0.25, -0.2) is 0 Å². The first-order valence-electron chi connectivity index (χ1n) is 6.69. The highest BCUT2D eigenvalue weighted by atomic mass is 35.5. The maximum atomic E-state index is 6.06. The molecule has 1 rings (SSSR count). The first-order valence-corrected chi connectivity index (χ1v) is 7.07. The second kappa shape index (κ2) is 7.65. The van der Waals surface area contributed by atoms with Gasteiger partial charge in [-0.3, -0.25) is 0 Å². The van der Waals surface area contributed by atoms with Crippen molar-refractivity contribution in [3.63, 3.8) is 0 Å². The van der Waals surface area contributed by atoms with Crippen molar-refractivity contribution in [2.45, 2.75) is 46.1 Å². The van der Waals surface area contributed by atoms with E-state index in [9.17, 15) is 0 Å². The fraction of sp³-hybridized carbons (Fsp3) is 0.600. The monoisotopic (exact) mass is 269 g/mol. The Morgan fingerprint density at radius 2 is 2.06 bits per heavy atom. The standard InChI is InChI=1S/C15H24ClNO/c1-4-7-18-15-6-5-14(16)10-13(15)9-11(2)8-12(3)17/h5-6,10-12H,4,7-9,17H2,1-3H3. The third-order valence-electron chi connectivity index (χ3n) is 2.83. The molecule has 0 saturated heterocycles. The van der Waals surface area contributed by atoms with E-state index in [-0.39, 0.29) is 6.04 Å². The molecule has 0 amide bonds. The van der Waals surface area contributed by atoms with Gasteiger partial charge >= 0.3 is 0 Å². The van der Waals surface area contributed by atoms with Crippen LogP contribution < -0.4 is 10.5 Å². The van der Waals surface area contributed by atoms with E-state index >= 15 is 0 Å². The number of benzene rings is 1. The van der Waals surface area contributed by atoms with Crippen molar-refractivity contribution < 1.29 is 4.74 Å². The maximum absolute atomic E-state index is 6.06. The van der Waals surface area contributed by atoms with Crippen molar-refractivity contribution in [3.05, 3.63) is 28.8 Å². The molecule has 102 valence electrons. The van der Waals surface area contributed by atoms with Gasteiger partial charge in [-0.15, -0.1) is 0 Å². The van der Waals surface area contributed by atoms with Crippen molar-refractivity contribution in [2.75, 3.05) is 6.61 Å². The second-order valence-electron chi connectivity index (χ2n) is 5.12.